The van der Waals surface area contributed by atoms with Crippen molar-refractivity contribution in [2.24, 2.45) is 5.73 Å². The maximum atomic E-state index is 13.2. The van der Waals surface area contributed by atoms with Crippen LogP contribution in [0.3, 0.4) is 0 Å². The van der Waals surface area contributed by atoms with E-state index in [9.17, 15) is 9.18 Å². The first kappa shape index (κ1) is 18.0. The number of aryl methyl sites for hydroxylation is 1. The van der Waals surface area contributed by atoms with E-state index in [1.807, 2.05) is 6.92 Å². The quantitative estimate of drug-likeness (QED) is 0.907. The van der Waals surface area contributed by atoms with Crippen molar-refractivity contribution in [3.8, 4) is 10.4 Å². The van der Waals surface area contributed by atoms with E-state index in [4.69, 9.17) is 10.5 Å². The van der Waals surface area contributed by atoms with E-state index in [0.717, 1.165) is 28.3 Å². The van der Waals surface area contributed by atoms with Crippen molar-refractivity contribution >= 4 is 17.2 Å². The predicted octanol–water partition coefficient (Wildman–Crippen LogP) is 2.84. The molecule has 2 atom stereocenters. The number of nitrogens with two attached hydrogens (primary N) is 1. The van der Waals surface area contributed by atoms with Gasteiger partial charge in [-0.1, -0.05) is 12.1 Å². The van der Waals surface area contributed by atoms with Gasteiger partial charge in [0.15, 0.2) is 0 Å². The number of benzene rings is 1. The molecule has 0 bridgehead atoms. The number of thiazole rings is 1. The number of carbonyl (C=O) groups excluding carboxylic acids is 1. The van der Waals surface area contributed by atoms with Gasteiger partial charge < -0.3 is 15.4 Å². The molecule has 3 rings (SSSR count). The maximum Gasteiger partial charge on any atom is 0.274 e. The van der Waals surface area contributed by atoms with Crippen LogP contribution in [-0.4, -0.2) is 48.1 Å². The Morgan fingerprint density at radius 1 is 1.44 bits per heavy atom. The molecule has 0 aliphatic carbocycles. The normalized spacial score (nSPS) is 20.7. The van der Waals surface area contributed by atoms with E-state index >= 15 is 0 Å². The fourth-order valence-corrected chi connectivity index (χ4v) is 4.25. The van der Waals surface area contributed by atoms with Gasteiger partial charge in [-0.25, -0.2) is 9.37 Å². The van der Waals surface area contributed by atoms with Gasteiger partial charge in [0.05, 0.1) is 22.0 Å². The molecule has 25 heavy (non-hydrogen) atoms. The van der Waals surface area contributed by atoms with Crippen LogP contribution in [0.1, 0.15) is 28.3 Å². The van der Waals surface area contributed by atoms with Crippen LogP contribution in [0.15, 0.2) is 24.3 Å². The molecule has 1 aliphatic heterocycles. The van der Waals surface area contributed by atoms with Gasteiger partial charge in [-0.05, 0) is 37.5 Å². The summed E-state index contributed by atoms with van der Waals surface area (Å²) in [7, 11) is 1.65. The summed E-state index contributed by atoms with van der Waals surface area (Å²) in [5, 5.41) is 0.798. The number of hydrogen-bond acceptors (Lipinski definition) is 5. The minimum atomic E-state index is -0.306. The van der Waals surface area contributed by atoms with Crippen LogP contribution < -0.4 is 5.73 Å². The number of methoxy groups -OCH3 is 1. The van der Waals surface area contributed by atoms with E-state index in [1.165, 1.54) is 23.5 Å². The number of nitrogens with zero attached hydrogens (tertiary/aromatic N) is 2. The monoisotopic (exact) mass is 363 g/mol. The van der Waals surface area contributed by atoms with Crippen molar-refractivity contribution in [3.63, 3.8) is 0 Å². The average Bonchev–Trinajstić information content (AvgIpc) is 3.02. The van der Waals surface area contributed by atoms with E-state index in [2.05, 4.69) is 4.98 Å². The molecule has 0 unspecified atom stereocenters. The predicted molar refractivity (Wildman–Crippen MR) is 96.2 cm³/mol. The molecule has 0 radical (unpaired) electrons. The summed E-state index contributed by atoms with van der Waals surface area (Å²) in [6, 6.07) is 5.97. The summed E-state index contributed by atoms with van der Waals surface area (Å²) in [6.07, 6.45) is 1.70. The number of carbonyl (C=O) groups is 1. The molecule has 1 aliphatic rings. The van der Waals surface area contributed by atoms with Gasteiger partial charge in [-0.3, -0.25) is 4.79 Å². The van der Waals surface area contributed by atoms with Crippen LogP contribution in [0.5, 0.6) is 0 Å². The summed E-state index contributed by atoms with van der Waals surface area (Å²) in [5.41, 5.74) is 7.11. The molecule has 1 aromatic heterocycles. The highest BCUT2D eigenvalue weighted by molar-refractivity contribution is 7.15. The highest BCUT2D eigenvalue weighted by atomic mass is 32.1. The van der Waals surface area contributed by atoms with Crippen LogP contribution in [-0.2, 0) is 4.74 Å². The highest BCUT2D eigenvalue weighted by Gasteiger charge is 2.35. The summed E-state index contributed by atoms with van der Waals surface area (Å²) < 4.78 is 18.7. The number of halogens is 1. The lowest BCUT2D eigenvalue weighted by Crippen LogP contribution is -2.55. The molecule has 1 amide bonds. The minimum absolute atomic E-state index is 0.0586. The average molecular weight is 363 g/mol. The molecule has 0 saturated carbocycles. The van der Waals surface area contributed by atoms with Gasteiger partial charge in [-0.15, -0.1) is 11.3 Å². The van der Waals surface area contributed by atoms with Crippen molar-refractivity contribution in [2.45, 2.75) is 31.9 Å². The summed E-state index contributed by atoms with van der Waals surface area (Å²) >= 11 is 1.44. The van der Waals surface area contributed by atoms with Crippen LogP contribution in [0, 0.1) is 12.7 Å². The lowest BCUT2D eigenvalue weighted by molar-refractivity contribution is -0.00897. The fourth-order valence-electron chi connectivity index (χ4n) is 3.33. The van der Waals surface area contributed by atoms with Crippen molar-refractivity contribution in [1.29, 1.82) is 0 Å². The van der Waals surface area contributed by atoms with Crippen LogP contribution >= 0.6 is 11.3 Å². The van der Waals surface area contributed by atoms with Gasteiger partial charge >= 0.3 is 0 Å². The van der Waals surface area contributed by atoms with E-state index < -0.39 is 0 Å². The van der Waals surface area contributed by atoms with Crippen LogP contribution in [0.25, 0.3) is 10.4 Å². The standard InChI is InChI=1S/C18H22FN3O2S/c1-11-21-16(17(25-11)12-5-7-13(19)8-6-12)18(23)22-9-3-4-15(24-2)14(22)10-20/h5-8,14-15H,3-4,9-10,20H2,1-2H3/t14-,15-/m1/s1. The third kappa shape index (κ3) is 3.58. The first-order valence-electron chi connectivity index (χ1n) is 8.32. The van der Waals surface area contributed by atoms with Gasteiger partial charge in [0.1, 0.15) is 11.5 Å². The van der Waals surface area contributed by atoms with Crippen molar-refractivity contribution in [1.82, 2.24) is 9.88 Å². The Morgan fingerprint density at radius 2 is 2.16 bits per heavy atom. The Hall–Kier alpha value is -1.83. The second-order valence-electron chi connectivity index (χ2n) is 6.14. The maximum absolute atomic E-state index is 13.2. The number of hydrogen-bond donors (Lipinski definition) is 1. The Labute approximate surface area is 150 Å². The Bertz CT molecular complexity index is 747. The number of piperidine rings is 1. The SMILES string of the molecule is CO[C@@H]1CCCN(C(=O)c2nc(C)sc2-c2ccc(F)cc2)[C@@H]1CN. The second-order valence-corrected chi connectivity index (χ2v) is 7.34. The Morgan fingerprint density at radius 3 is 2.80 bits per heavy atom. The van der Waals surface area contributed by atoms with Crippen LogP contribution in [0.2, 0.25) is 0 Å². The largest absolute Gasteiger partial charge is 0.379 e. The van der Waals surface area contributed by atoms with Crippen molar-refractivity contribution in [3.05, 3.63) is 40.8 Å². The Kier molecular flexibility index (Phi) is 5.46. The summed E-state index contributed by atoms with van der Waals surface area (Å²) in [6.45, 7) is 2.85. The number of likely N-dealkylation sites (tertiary alicyclic amines) is 1. The van der Waals surface area contributed by atoms with Crippen molar-refractivity contribution in [2.75, 3.05) is 20.2 Å². The molecular formula is C18H22FN3O2S. The lowest BCUT2D eigenvalue weighted by Gasteiger charge is -2.39. The molecule has 1 saturated heterocycles. The minimum Gasteiger partial charge on any atom is -0.379 e. The first-order valence-corrected chi connectivity index (χ1v) is 9.14. The van der Waals surface area contributed by atoms with E-state index in [0.29, 0.717) is 18.8 Å². The first-order chi connectivity index (χ1) is 12.0. The summed E-state index contributed by atoms with van der Waals surface area (Å²) in [5.74, 6) is -0.444. The zero-order valence-corrected chi connectivity index (χ0v) is 15.2. The smallest absolute Gasteiger partial charge is 0.274 e. The number of aromatic nitrogens is 1. The molecule has 0 spiro atoms. The number of amides is 1. The van der Waals surface area contributed by atoms with Gasteiger partial charge in [-0.2, -0.15) is 0 Å². The third-order valence-electron chi connectivity index (χ3n) is 4.57. The van der Waals surface area contributed by atoms with Gasteiger partial charge in [0, 0.05) is 20.2 Å². The zero-order chi connectivity index (χ0) is 18.0. The molecular weight excluding hydrogens is 341 g/mol. The van der Waals surface area contributed by atoms with Gasteiger partial charge in [0.2, 0.25) is 0 Å². The number of ether oxygens (including phenoxy) is 1. The molecule has 7 heteroatoms. The molecule has 5 nitrogen and oxygen atoms in total. The molecule has 1 fully saturated rings. The number of rotatable bonds is 4. The summed E-state index contributed by atoms with van der Waals surface area (Å²) in [4.78, 5) is 20.2. The molecule has 2 heterocycles. The fraction of sp³-hybridized carbons (Fsp3) is 0.444. The molecule has 2 N–H and O–H groups in total. The Balaban J connectivity index is 1.96. The van der Waals surface area contributed by atoms with Gasteiger partial charge in [0.25, 0.3) is 5.91 Å². The third-order valence-corrected chi connectivity index (χ3v) is 5.59. The molecule has 2 aromatic rings. The highest BCUT2D eigenvalue weighted by Crippen LogP contribution is 2.32. The zero-order valence-electron chi connectivity index (χ0n) is 14.4. The van der Waals surface area contributed by atoms with Crippen molar-refractivity contribution < 1.29 is 13.9 Å². The lowest BCUT2D eigenvalue weighted by atomic mass is 9.98. The van der Waals surface area contributed by atoms with E-state index in [1.54, 1.807) is 24.1 Å². The molecule has 1 aromatic carbocycles. The van der Waals surface area contributed by atoms with Crippen LogP contribution in [0.4, 0.5) is 4.39 Å². The second kappa shape index (κ2) is 7.59. The molecule has 134 valence electrons. The topological polar surface area (TPSA) is 68.5 Å². The van der Waals surface area contributed by atoms with E-state index in [-0.39, 0.29) is 23.9 Å².